The van der Waals surface area contributed by atoms with E-state index in [0.717, 1.165) is 17.7 Å². The fraction of sp³-hybridized carbons (Fsp3) is 0.412. The largest absolute Gasteiger partial charge is 0.481 e. The molecule has 2 unspecified atom stereocenters. The van der Waals surface area contributed by atoms with Gasteiger partial charge in [0.2, 0.25) is 5.78 Å². The molecule has 22 heavy (non-hydrogen) atoms. The third-order valence-corrected chi connectivity index (χ3v) is 4.48. The zero-order valence-corrected chi connectivity index (χ0v) is 12.8. The Hall–Kier alpha value is -2.30. The van der Waals surface area contributed by atoms with Crippen LogP contribution >= 0.6 is 0 Å². The standard InChI is InChI=1S/C17H20N2O3/c1-11-9-15-12(17(21)22)5-3-6-14(19(15)10-11)16(20)13-7-4-8-18(13)2/h4,7-10,12,14H,3,5-6H2,1-2H3,(H,21,22). The molecule has 116 valence electrons. The molecule has 5 nitrogen and oxygen atoms in total. The lowest BCUT2D eigenvalue weighted by atomic mass is 9.98. The molecule has 1 aliphatic rings. The molecule has 2 aromatic rings. The van der Waals surface area contributed by atoms with Crippen LogP contribution in [0.2, 0.25) is 0 Å². The van der Waals surface area contributed by atoms with E-state index in [-0.39, 0.29) is 11.8 Å². The van der Waals surface area contributed by atoms with E-state index in [0.29, 0.717) is 18.5 Å². The summed E-state index contributed by atoms with van der Waals surface area (Å²) < 4.78 is 3.70. The van der Waals surface area contributed by atoms with Crippen molar-refractivity contribution in [1.29, 1.82) is 0 Å². The predicted molar refractivity (Wildman–Crippen MR) is 82.2 cm³/mol. The van der Waals surface area contributed by atoms with Gasteiger partial charge in [-0.3, -0.25) is 9.59 Å². The summed E-state index contributed by atoms with van der Waals surface area (Å²) in [4.78, 5) is 24.4. The maximum absolute atomic E-state index is 12.9. The smallest absolute Gasteiger partial charge is 0.312 e. The number of carbonyl (C=O) groups is 2. The number of hydrogen-bond acceptors (Lipinski definition) is 2. The normalized spacial score (nSPS) is 21.2. The summed E-state index contributed by atoms with van der Waals surface area (Å²) in [6, 6.07) is 5.25. The van der Waals surface area contributed by atoms with Gasteiger partial charge in [0.15, 0.2) is 0 Å². The zero-order valence-electron chi connectivity index (χ0n) is 12.8. The van der Waals surface area contributed by atoms with Crippen LogP contribution in [0.4, 0.5) is 0 Å². The van der Waals surface area contributed by atoms with Crippen LogP contribution in [0.1, 0.15) is 53.0 Å². The third-order valence-electron chi connectivity index (χ3n) is 4.48. The summed E-state index contributed by atoms with van der Waals surface area (Å²) in [5, 5.41) is 9.47. The molecule has 0 aliphatic carbocycles. The lowest BCUT2D eigenvalue weighted by Gasteiger charge is -2.19. The summed E-state index contributed by atoms with van der Waals surface area (Å²) in [6.45, 7) is 1.94. The lowest BCUT2D eigenvalue weighted by molar-refractivity contribution is -0.139. The molecular formula is C17H20N2O3. The molecule has 3 heterocycles. The summed E-state index contributed by atoms with van der Waals surface area (Å²) >= 11 is 0. The van der Waals surface area contributed by atoms with Crippen LogP contribution in [0.15, 0.2) is 30.6 Å². The number of aromatic nitrogens is 2. The molecule has 1 aliphatic heterocycles. The molecule has 0 saturated heterocycles. The Morgan fingerprint density at radius 1 is 1.32 bits per heavy atom. The first kappa shape index (κ1) is 14.6. The number of carboxylic acids is 1. The quantitative estimate of drug-likeness (QED) is 0.886. The van der Waals surface area contributed by atoms with E-state index >= 15 is 0 Å². The maximum atomic E-state index is 12.9. The Labute approximate surface area is 129 Å². The van der Waals surface area contributed by atoms with Crippen molar-refractivity contribution >= 4 is 11.8 Å². The van der Waals surface area contributed by atoms with E-state index in [1.165, 1.54) is 0 Å². The van der Waals surface area contributed by atoms with Crippen LogP contribution in [-0.2, 0) is 11.8 Å². The van der Waals surface area contributed by atoms with Crippen molar-refractivity contribution in [3.05, 3.63) is 47.5 Å². The van der Waals surface area contributed by atoms with Crippen molar-refractivity contribution in [3.63, 3.8) is 0 Å². The maximum Gasteiger partial charge on any atom is 0.312 e. The average Bonchev–Trinajstić information content (AvgIpc) is 3.00. The number of ketones is 1. The van der Waals surface area contributed by atoms with E-state index in [4.69, 9.17) is 0 Å². The molecule has 1 N–H and O–H groups in total. The SMILES string of the molecule is Cc1cc2n(c1)C(C(=O)c1cccn1C)CCCC2C(=O)O. The minimum atomic E-state index is -0.814. The van der Waals surface area contributed by atoms with Crippen LogP contribution in [0.3, 0.4) is 0 Å². The lowest BCUT2D eigenvalue weighted by Crippen LogP contribution is -2.22. The van der Waals surface area contributed by atoms with Crippen LogP contribution in [0.25, 0.3) is 0 Å². The molecule has 5 heteroatoms. The second kappa shape index (κ2) is 5.48. The number of aliphatic carboxylic acids is 1. The van der Waals surface area contributed by atoms with Gasteiger partial charge in [0.25, 0.3) is 0 Å². The van der Waals surface area contributed by atoms with Crippen LogP contribution < -0.4 is 0 Å². The van der Waals surface area contributed by atoms with Gasteiger partial charge < -0.3 is 14.2 Å². The monoisotopic (exact) mass is 300 g/mol. The Morgan fingerprint density at radius 3 is 2.73 bits per heavy atom. The average molecular weight is 300 g/mol. The van der Waals surface area contributed by atoms with Crippen molar-refractivity contribution in [2.24, 2.45) is 7.05 Å². The topological polar surface area (TPSA) is 64.2 Å². The van der Waals surface area contributed by atoms with Gasteiger partial charge in [-0.25, -0.2) is 0 Å². The molecule has 2 aromatic heterocycles. The molecule has 0 radical (unpaired) electrons. The van der Waals surface area contributed by atoms with E-state index in [2.05, 4.69) is 0 Å². The molecule has 0 aromatic carbocycles. The Balaban J connectivity index is 2.05. The van der Waals surface area contributed by atoms with Crippen molar-refractivity contribution in [1.82, 2.24) is 9.13 Å². The minimum Gasteiger partial charge on any atom is -0.481 e. The number of Topliss-reactive ketones (excluding diaryl/α,β-unsaturated/α-hetero) is 1. The van der Waals surface area contributed by atoms with Crippen molar-refractivity contribution in [2.45, 2.75) is 38.1 Å². The first-order valence-electron chi connectivity index (χ1n) is 7.55. The fourth-order valence-corrected chi connectivity index (χ4v) is 3.39. The molecule has 0 fully saturated rings. The number of rotatable bonds is 3. The van der Waals surface area contributed by atoms with Crippen molar-refractivity contribution in [2.75, 3.05) is 0 Å². The van der Waals surface area contributed by atoms with Gasteiger partial charge in [0.1, 0.15) is 0 Å². The number of carboxylic acid groups (broad SMARTS) is 1. The minimum absolute atomic E-state index is 0.0513. The second-order valence-electron chi connectivity index (χ2n) is 6.06. The Kier molecular flexibility index (Phi) is 3.64. The number of carbonyl (C=O) groups excluding carboxylic acids is 1. The molecule has 0 spiro atoms. The molecule has 0 saturated carbocycles. The van der Waals surface area contributed by atoms with Crippen LogP contribution in [0, 0.1) is 6.92 Å². The first-order valence-corrected chi connectivity index (χ1v) is 7.55. The highest BCUT2D eigenvalue weighted by atomic mass is 16.4. The van der Waals surface area contributed by atoms with Crippen LogP contribution in [0.5, 0.6) is 0 Å². The molecular weight excluding hydrogens is 280 g/mol. The molecule has 0 amide bonds. The zero-order chi connectivity index (χ0) is 15.9. The summed E-state index contributed by atoms with van der Waals surface area (Å²) in [7, 11) is 1.85. The number of fused-ring (bicyclic) bond motifs is 1. The number of aryl methyl sites for hydroxylation is 2. The summed E-state index contributed by atoms with van der Waals surface area (Å²) in [6.07, 6.45) is 5.75. The van der Waals surface area contributed by atoms with E-state index in [1.54, 1.807) is 0 Å². The van der Waals surface area contributed by atoms with E-state index < -0.39 is 11.9 Å². The van der Waals surface area contributed by atoms with Crippen LogP contribution in [-0.4, -0.2) is 26.0 Å². The molecule has 2 atom stereocenters. The fourth-order valence-electron chi connectivity index (χ4n) is 3.39. The van der Waals surface area contributed by atoms with E-state index in [1.807, 2.05) is 53.7 Å². The van der Waals surface area contributed by atoms with Gasteiger partial charge in [-0.15, -0.1) is 0 Å². The summed E-state index contributed by atoms with van der Waals surface area (Å²) in [5.74, 6) is -1.29. The van der Waals surface area contributed by atoms with Crippen molar-refractivity contribution in [3.8, 4) is 0 Å². The third kappa shape index (κ3) is 2.36. The van der Waals surface area contributed by atoms with Gasteiger partial charge in [-0.05, 0) is 49.9 Å². The van der Waals surface area contributed by atoms with Gasteiger partial charge in [-0.1, -0.05) is 0 Å². The van der Waals surface area contributed by atoms with Gasteiger partial charge in [0, 0.05) is 25.1 Å². The van der Waals surface area contributed by atoms with Gasteiger partial charge >= 0.3 is 5.97 Å². The number of hydrogen-bond donors (Lipinski definition) is 1. The summed E-state index contributed by atoms with van der Waals surface area (Å²) in [5.41, 5.74) is 2.40. The molecule has 0 bridgehead atoms. The first-order chi connectivity index (χ1) is 10.5. The Bertz CT molecular complexity index is 726. The van der Waals surface area contributed by atoms with Crippen molar-refractivity contribution < 1.29 is 14.7 Å². The van der Waals surface area contributed by atoms with Gasteiger partial charge in [-0.2, -0.15) is 0 Å². The number of nitrogens with zero attached hydrogens (tertiary/aromatic N) is 2. The predicted octanol–water partition coefficient (Wildman–Crippen LogP) is 2.91. The Morgan fingerprint density at radius 2 is 2.09 bits per heavy atom. The highest BCUT2D eigenvalue weighted by Gasteiger charge is 2.33. The van der Waals surface area contributed by atoms with Gasteiger partial charge in [0.05, 0.1) is 17.7 Å². The highest BCUT2D eigenvalue weighted by molar-refractivity contribution is 5.98. The second-order valence-corrected chi connectivity index (χ2v) is 6.06. The highest BCUT2D eigenvalue weighted by Crippen LogP contribution is 2.35. The van der Waals surface area contributed by atoms with E-state index in [9.17, 15) is 14.7 Å². The molecule has 3 rings (SSSR count).